The summed E-state index contributed by atoms with van der Waals surface area (Å²) in [5.74, 6) is -0.245. The van der Waals surface area contributed by atoms with E-state index in [1.165, 1.54) is 6.92 Å². The normalized spacial score (nSPS) is 17.7. The maximum Gasteiger partial charge on any atom is 0.304 e. The first kappa shape index (κ1) is 8.84. The van der Waals surface area contributed by atoms with E-state index in [1.54, 1.807) is 0 Å². The number of carbonyl (C=O) groups is 1. The molecule has 1 rings (SSSR count). The van der Waals surface area contributed by atoms with Crippen molar-refractivity contribution in [2.75, 3.05) is 6.54 Å². The zero-order chi connectivity index (χ0) is 8.97. The summed E-state index contributed by atoms with van der Waals surface area (Å²) in [7, 11) is 0. The Bertz CT molecular complexity index is 221. The van der Waals surface area contributed by atoms with Gasteiger partial charge in [0.25, 0.3) is 0 Å². The monoisotopic (exact) mass is 167 g/mol. The van der Waals surface area contributed by atoms with Crippen LogP contribution >= 0.6 is 0 Å². The van der Waals surface area contributed by atoms with Crippen molar-refractivity contribution in [3.05, 3.63) is 24.4 Å². The van der Waals surface area contributed by atoms with Crippen LogP contribution in [0.15, 0.2) is 24.4 Å². The third-order valence-electron chi connectivity index (χ3n) is 1.64. The molecule has 0 saturated carbocycles. The average molecular weight is 167 g/mol. The van der Waals surface area contributed by atoms with Gasteiger partial charge < -0.3 is 9.64 Å². The van der Waals surface area contributed by atoms with Gasteiger partial charge in [-0.1, -0.05) is 12.2 Å². The van der Waals surface area contributed by atoms with Gasteiger partial charge in [-0.25, -0.2) is 0 Å². The zero-order valence-electron chi connectivity index (χ0n) is 7.36. The molecule has 0 N–H and O–H groups in total. The number of ether oxygens (including phenoxy) is 1. The van der Waals surface area contributed by atoms with Crippen molar-refractivity contribution in [3.8, 4) is 0 Å². The summed E-state index contributed by atoms with van der Waals surface area (Å²) in [6.45, 7) is 4.07. The standard InChI is InChI=1S/C9H13NO2/c1-8(12-9(2)11)10-6-4-3-5-7-10/h3-6,8H,7H2,1-2H3. The molecule has 1 heterocycles. The van der Waals surface area contributed by atoms with Crippen LogP contribution in [-0.4, -0.2) is 23.6 Å². The lowest BCUT2D eigenvalue weighted by Crippen LogP contribution is -2.32. The molecular formula is C9H13NO2. The fraction of sp³-hybridized carbons (Fsp3) is 0.444. The number of allylic oxidation sites excluding steroid dienone is 2. The van der Waals surface area contributed by atoms with Crippen LogP contribution < -0.4 is 0 Å². The highest BCUT2D eigenvalue weighted by Crippen LogP contribution is 2.05. The molecule has 0 amide bonds. The number of nitrogens with zero attached hydrogens (tertiary/aromatic N) is 1. The van der Waals surface area contributed by atoms with Gasteiger partial charge in [0.15, 0.2) is 6.23 Å². The van der Waals surface area contributed by atoms with Crippen molar-refractivity contribution >= 4 is 5.97 Å². The maximum absolute atomic E-state index is 10.6. The minimum absolute atomic E-state index is 0.177. The van der Waals surface area contributed by atoms with Crippen LogP contribution in [0.1, 0.15) is 13.8 Å². The Morgan fingerprint density at radius 3 is 2.83 bits per heavy atom. The van der Waals surface area contributed by atoms with Crippen LogP contribution in [0.25, 0.3) is 0 Å². The molecule has 3 nitrogen and oxygen atoms in total. The molecule has 0 bridgehead atoms. The summed E-state index contributed by atoms with van der Waals surface area (Å²) in [5, 5.41) is 0. The fourth-order valence-corrected chi connectivity index (χ4v) is 1.06. The molecule has 0 saturated heterocycles. The highest BCUT2D eigenvalue weighted by atomic mass is 16.6. The van der Waals surface area contributed by atoms with Crippen LogP contribution in [-0.2, 0) is 9.53 Å². The number of rotatable bonds is 2. The van der Waals surface area contributed by atoms with Gasteiger partial charge in [-0.05, 0) is 13.0 Å². The van der Waals surface area contributed by atoms with E-state index in [0.29, 0.717) is 0 Å². The molecule has 0 fully saturated rings. The van der Waals surface area contributed by atoms with Crippen LogP contribution in [0.3, 0.4) is 0 Å². The van der Waals surface area contributed by atoms with E-state index < -0.39 is 0 Å². The molecule has 0 aromatic heterocycles. The van der Waals surface area contributed by atoms with Gasteiger partial charge in [-0.15, -0.1) is 0 Å². The lowest BCUT2D eigenvalue weighted by Gasteiger charge is -2.26. The Hall–Kier alpha value is -1.25. The first-order chi connectivity index (χ1) is 5.70. The van der Waals surface area contributed by atoms with E-state index in [4.69, 9.17) is 4.74 Å². The Labute approximate surface area is 72.3 Å². The van der Waals surface area contributed by atoms with Gasteiger partial charge in [-0.2, -0.15) is 0 Å². The van der Waals surface area contributed by atoms with Gasteiger partial charge >= 0.3 is 5.97 Å². The summed E-state index contributed by atoms with van der Waals surface area (Å²) in [6.07, 6.45) is 7.64. The number of hydrogen-bond acceptors (Lipinski definition) is 3. The largest absolute Gasteiger partial charge is 0.442 e. The predicted octanol–water partition coefficient (Wildman–Crippen LogP) is 1.28. The molecule has 0 aliphatic carbocycles. The summed E-state index contributed by atoms with van der Waals surface area (Å²) in [6, 6.07) is 0. The quantitative estimate of drug-likeness (QED) is 0.580. The second kappa shape index (κ2) is 3.95. The summed E-state index contributed by atoms with van der Waals surface area (Å²) >= 11 is 0. The molecule has 1 aliphatic rings. The van der Waals surface area contributed by atoms with Crippen LogP contribution in [0.2, 0.25) is 0 Å². The first-order valence-corrected chi connectivity index (χ1v) is 3.96. The highest BCUT2D eigenvalue weighted by Gasteiger charge is 2.11. The molecule has 1 aliphatic heterocycles. The van der Waals surface area contributed by atoms with E-state index in [9.17, 15) is 4.79 Å². The molecule has 0 spiro atoms. The molecule has 66 valence electrons. The van der Waals surface area contributed by atoms with Crippen LogP contribution in [0, 0.1) is 0 Å². The predicted molar refractivity (Wildman–Crippen MR) is 46.2 cm³/mol. The molecular weight excluding hydrogens is 154 g/mol. The first-order valence-electron chi connectivity index (χ1n) is 3.96. The van der Waals surface area contributed by atoms with Crippen molar-refractivity contribution < 1.29 is 9.53 Å². The van der Waals surface area contributed by atoms with Crippen LogP contribution in [0.5, 0.6) is 0 Å². The Balaban J connectivity index is 2.42. The minimum Gasteiger partial charge on any atom is -0.442 e. The Morgan fingerprint density at radius 1 is 1.58 bits per heavy atom. The molecule has 12 heavy (non-hydrogen) atoms. The second-order valence-corrected chi connectivity index (χ2v) is 2.68. The lowest BCUT2D eigenvalue weighted by molar-refractivity contribution is -0.152. The van der Waals surface area contributed by atoms with Gasteiger partial charge in [0, 0.05) is 19.7 Å². The summed E-state index contributed by atoms with van der Waals surface area (Å²) in [4.78, 5) is 12.6. The number of carbonyl (C=O) groups excluding carboxylic acids is 1. The molecule has 1 atom stereocenters. The van der Waals surface area contributed by atoms with Gasteiger partial charge in [-0.3, -0.25) is 4.79 Å². The maximum atomic E-state index is 10.6. The number of esters is 1. The van der Waals surface area contributed by atoms with Gasteiger partial charge in [0.1, 0.15) is 0 Å². The number of hydrogen-bond donors (Lipinski definition) is 0. The van der Waals surface area contributed by atoms with Gasteiger partial charge in [0.05, 0.1) is 0 Å². The molecule has 0 aromatic rings. The fourth-order valence-electron chi connectivity index (χ4n) is 1.06. The van der Waals surface area contributed by atoms with E-state index >= 15 is 0 Å². The molecule has 1 unspecified atom stereocenters. The molecule has 3 heteroatoms. The molecule has 0 radical (unpaired) electrons. The van der Waals surface area contributed by atoms with Crippen molar-refractivity contribution in [2.24, 2.45) is 0 Å². The Morgan fingerprint density at radius 2 is 2.33 bits per heavy atom. The van der Waals surface area contributed by atoms with Crippen molar-refractivity contribution in [1.29, 1.82) is 0 Å². The van der Waals surface area contributed by atoms with Crippen molar-refractivity contribution in [2.45, 2.75) is 20.1 Å². The summed E-state index contributed by atoms with van der Waals surface area (Å²) < 4.78 is 4.99. The van der Waals surface area contributed by atoms with E-state index in [-0.39, 0.29) is 12.2 Å². The third-order valence-corrected chi connectivity index (χ3v) is 1.64. The van der Waals surface area contributed by atoms with Crippen LogP contribution in [0.4, 0.5) is 0 Å². The van der Waals surface area contributed by atoms with E-state index in [1.807, 2.05) is 36.3 Å². The topological polar surface area (TPSA) is 29.5 Å². The molecule has 0 aromatic carbocycles. The lowest BCUT2D eigenvalue weighted by atomic mass is 10.3. The third kappa shape index (κ3) is 2.42. The second-order valence-electron chi connectivity index (χ2n) is 2.68. The highest BCUT2D eigenvalue weighted by molar-refractivity contribution is 5.66. The van der Waals surface area contributed by atoms with E-state index in [2.05, 4.69) is 0 Å². The van der Waals surface area contributed by atoms with Crippen molar-refractivity contribution in [1.82, 2.24) is 4.90 Å². The Kier molecular flexibility index (Phi) is 2.91. The zero-order valence-corrected chi connectivity index (χ0v) is 7.36. The average Bonchev–Trinajstić information content (AvgIpc) is 2.05. The minimum atomic E-state index is -0.245. The SMILES string of the molecule is CC(=O)OC(C)N1C=CC=CC1. The smallest absolute Gasteiger partial charge is 0.304 e. The van der Waals surface area contributed by atoms with E-state index in [0.717, 1.165) is 6.54 Å². The summed E-state index contributed by atoms with van der Waals surface area (Å²) in [5.41, 5.74) is 0. The van der Waals surface area contributed by atoms with Crippen molar-refractivity contribution in [3.63, 3.8) is 0 Å². The van der Waals surface area contributed by atoms with Gasteiger partial charge in [0.2, 0.25) is 0 Å².